The van der Waals surface area contributed by atoms with Crippen molar-refractivity contribution in [1.82, 2.24) is 0 Å². The number of aryl methyl sites for hydroxylation is 2. The Morgan fingerprint density at radius 3 is 2.15 bits per heavy atom. The molecule has 0 aromatic heterocycles. The Labute approximate surface area is 166 Å². The van der Waals surface area contributed by atoms with Crippen LogP contribution < -0.4 is 4.90 Å². The highest BCUT2D eigenvalue weighted by Gasteiger charge is 2.31. The zero-order chi connectivity index (χ0) is 20.7. The van der Waals surface area contributed by atoms with E-state index in [1.54, 1.807) is 6.92 Å². The molecule has 1 aromatic carbocycles. The van der Waals surface area contributed by atoms with E-state index >= 15 is 0 Å². The van der Waals surface area contributed by atoms with Gasteiger partial charge in [0.05, 0.1) is 18.6 Å². The van der Waals surface area contributed by atoms with Crippen molar-refractivity contribution in [3.05, 3.63) is 28.8 Å². The summed E-state index contributed by atoms with van der Waals surface area (Å²) in [6.07, 6.45) is 1.52. The molecule has 0 fully saturated rings. The molecular formula is C21H31NO4S. The Morgan fingerprint density at radius 2 is 1.63 bits per heavy atom. The van der Waals surface area contributed by atoms with E-state index in [0.29, 0.717) is 5.69 Å². The highest BCUT2D eigenvalue weighted by Crippen LogP contribution is 2.30. The van der Waals surface area contributed by atoms with Gasteiger partial charge >= 0.3 is 5.97 Å². The van der Waals surface area contributed by atoms with Crippen LogP contribution in [0.1, 0.15) is 50.3 Å². The summed E-state index contributed by atoms with van der Waals surface area (Å²) in [6, 6.07) is 3.15. The second-order valence-corrected chi connectivity index (χ2v) is 7.74. The highest BCUT2D eigenvalue weighted by atomic mass is 32.2. The van der Waals surface area contributed by atoms with Crippen molar-refractivity contribution in [2.45, 2.75) is 60.4 Å². The fraction of sp³-hybridized carbons (Fsp3) is 0.571. The molecule has 6 heteroatoms. The lowest BCUT2D eigenvalue weighted by atomic mass is 10.0. The van der Waals surface area contributed by atoms with Crippen LogP contribution in [0.3, 0.4) is 0 Å². The van der Waals surface area contributed by atoms with Gasteiger partial charge in [-0.1, -0.05) is 37.7 Å². The largest absolute Gasteiger partial charge is 0.467 e. The Balaban J connectivity index is 3.21. The number of methoxy groups -OCH3 is 1. The van der Waals surface area contributed by atoms with Gasteiger partial charge < -0.3 is 4.74 Å². The van der Waals surface area contributed by atoms with Gasteiger partial charge in [-0.2, -0.15) is 0 Å². The molecule has 0 heterocycles. The van der Waals surface area contributed by atoms with Crippen LogP contribution in [-0.4, -0.2) is 35.9 Å². The van der Waals surface area contributed by atoms with Gasteiger partial charge in [-0.25, -0.2) is 4.79 Å². The molecule has 1 amide bonds. The van der Waals surface area contributed by atoms with Gasteiger partial charge in [0.25, 0.3) is 0 Å². The van der Waals surface area contributed by atoms with E-state index in [4.69, 9.17) is 4.74 Å². The van der Waals surface area contributed by atoms with Crippen molar-refractivity contribution in [2.75, 3.05) is 17.8 Å². The molecule has 0 spiro atoms. The molecule has 1 aromatic rings. The maximum atomic E-state index is 13.1. The standard InChI is InChI=1S/C21H31NO4S/c1-8-17(9-2)21(25)27-12-18(23)22(16(6)20(24)26-7)19-14(4)11-10-13(3)15(19)5/h10-11,16-17H,8-9,12H2,1-7H3/t16-/m0/s1. The Kier molecular flexibility index (Phi) is 9.03. The zero-order valence-corrected chi connectivity index (χ0v) is 18.2. The van der Waals surface area contributed by atoms with Gasteiger partial charge in [0.1, 0.15) is 6.04 Å². The molecule has 27 heavy (non-hydrogen) atoms. The third-order valence-electron chi connectivity index (χ3n) is 5.00. The third-order valence-corrected chi connectivity index (χ3v) is 6.01. The van der Waals surface area contributed by atoms with E-state index in [-0.39, 0.29) is 22.7 Å². The molecule has 0 unspecified atom stereocenters. The van der Waals surface area contributed by atoms with E-state index in [1.165, 1.54) is 12.0 Å². The Bertz CT molecular complexity index is 698. The fourth-order valence-electron chi connectivity index (χ4n) is 3.06. The van der Waals surface area contributed by atoms with Crippen LogP contribution in [0, 0.1) is 26.7 Å². The number of hydrogen-bond acceptors (Lipinski definition) is 5. The van der Waals surface area contributed by atoms with Crippen LogP contribution in [0.25, 0.3) is 0 Å². The molecule has 0 aliphatic rings. The summed E-state index contributed by atoms with van der Waals surface area (Å²) in [5.41, 5.74) is 3.59. The molecule has 0 bridgehead atoms. The third kappa shape index (κ3) is 5.58. The van der Waals surface area contributed by atoms with Crippen LogP contribution in [0.2, 0.25) is 0 Å². The van der Waals surface area contributed by atoms with E-state index in [9.17, 15) is 14.4 Å². The maximum Gasteiger partial charge on any atom is 0.328 e. The lowest BCUT2D eigenvalue weighted by molar-refractivity contribution is -0.142. The topological polar surface area (TPSA) is 63.7 Å². The second-order valence-electron chi connectivity index (χ2n) is 6.76. The molecule has 5 nitrogen and oxygen atoms in total. The van der Waals surface area contributed by atoms with Gasteiger partial charge in [0.2, 0.25) is 5.91 Å². The van der Waals surface area contributed by atoms with E-state index < -0.39 is 12.0 Å². The first-order chi connectivity index (χ1) is 12.7. The molecule has 0 N–H and O–H groups in total. The number of rotatable bonds is 8. The van der Waals surface area contributed by atoms with E-state index in [0.717, 1.165) is 41.3 Å². The van der Waals surface area contributed by atoms with Gasteiger partial charge in [0.15, 0.2) is 5.12 Å². The second kappa shape index (κ2) is 10.5. The van der Waals surface area contributed by atoms with Gasteiger partial charge in [-0.05, 0) is 57.2 Å². The predicted octanol–water partition coefficient (Wildman–Crippen LogP) is 4.20. The number of ether oxygens (including phenoxy) is 1. The molecule has 0 saturated carbocycles. The SMILES string of the molecule is CCC(CC)C(=O)SCC(=O)N(c1c(C)ccc(C)c1C)[C@@H](C)C(=O)OC. The molecular weight excluding hydrogens is 362 g/mol. The summed E-state index contributed by atoms with van der Waals surface area (Å²) < 4.78 is 4.87. The smallest absolute Gasteiger partial charge is 0.328 e. The van der Waals surface area contributed by atoms with Crippen molar-refractivity contribution in [3.8, 4) is 0 Å². The minimum Gasteiger partial charge on any atom is -0.467 e. The molecule has 150 valence electrons. The number of benzene rings is 1. The van der Waals surface area contributed by atoms with E-state index in [1.807, 2.05) is 46.8 Å². The predicted molar refractivity (Wildman–Crippen MR) is 111 cm³/mol. The first-order valence-corrected chi connectivity index (χ1v) is 10.3. The molecule has 1 rings (SSSR count). The number of amides is 1. The first kappa shape index (κ1) is 23.2. The average Bonchev–Trinajstić information content (AvgIpc) is 2.66. The Hall–Kier alpha value is -1.82. The number of carbonyl (C=O) groups is 3. The van der Waals surface area contributed by atoms with Gasteiger partial charge in [-0.3, -0.25) is 14.5 Å². The van der Waals surface area contributed by atoms with Crippen molar-refractivity contribution in [3.63, 3.8) is 0 Å². The van der Waals surface area contributed by atoms with Crippen molar-refractivity contribution < 1.29 is 19.1 Å². The van der Waals surface area contributed by atoms with Crippen molar-refractivity contribution in [2.24, 2.45) is 5.92 Å². The number of esters is 1. The summed E-state index contributed by atoms with van der Waals surface area (Å²) in [7, 11) is 1.31. The monoisotopic (exact) mass is 393 g/mol. The molecule has 0 radical (unpaired) electrons. The number of carbonyl (C=O) groups excluding carboxylic acids is 3. The minimum absolute atomic E-state index is 0.00346. The number of hydrogen-bond donors (Lipinski definition) is 0. The van der Waals surface area contributed by atoms with Gasteiger partial charge in [0, 0.05) is 5.92 Å². The van der Waals surface area contributed by atoms with Crippen LogP contribution in [-0.2, 0) is 19.1 Å². The first-order valence-electron chi connectivity index (χ1n) is 9.32. The number of thioether (sulfide) groups is 1. The summed E-state index contributed by atoms with van der Waals surface area (Å²) in [5.74, 6) is -0.797. The molecule has 0 aliphatic heterocycles. The maximum absolute atomic E-state index is 13.1. The molecule has 0 saturated heterocycles. The van der Waals surface area contributed by atoms with Crippen LogP contribution in [0.4, 0.5) is 5.69 Å². The van der Waals surface area contributed by atoms with Gasteiger partial charge in [-0.15, -0.1) is 0 Å². The minimum atomic E-state index is -0.773. The normalized spacial score (nSPS) is 12.0. The summed E-state index contributed by atoms with van der Waals surface area (Å²) in [4.78, 5) is 39.1. The van der Waals surface area contributed by atoms with Crippen LogP contribution in [0.5, 0.6) is 0 Å². The lowest BCUT2D eigenvalue weighted by Crippen LogP contribution is -2.46. The summed E-state index contributed by atoms with van der Waals surface area (Å²) >= 11 is 1.04. The lowest BCUT2D eigenvalue weighted by Gasteiger charge is -2.31. The zero-order valence-electron chi connectivity index (χ0n) is 17.4. The van der Waals surface area contributed by atoms with Crippen molar-refractivity contribution in [1.29, 1.82) is 0 Å². The van der Waals surface area contributed by atoms with Crippen molar-refractivity contribution >= 4 is 34.4 Å². The van der Waals surface area contributed by atoms with E-state index in [2.05, 4.69) is 0 Å². The molecule has 1 atom stereocenters. The number of nitrogens with zero attached hydrogens (tertiary/aromatic N) is 1. The quantitative estimate of drug-likeness (QED) is 0.619. The van der Waals surface area contributed by atoms with Crippen LogP contribution in [0.15, 0.2) is 12.1 Å². The van der Waals surface area contributed by atoms with Crippen LogP contribution >= 0.6 is 11.8 Å². The summed E-state index contributed by atoms with van der Waals surface area (Å²) in [5, 5.41) is 0.0247. The average molecular weight is 394 g/mol. The summed E-state index contributed by atoms with van der Waals surface area (Å²) in [6.45, 7) is 11.4. The molecule has 0 aliphatic carbocycles. The fourth-order valence-corrected chi connectivity index (χ4v) is 4.03. The highest BCUT2D eigenvalue weighted by molar-refractivity contribution is 8.14. The number of anilines is 1. The Morgan fingerprint density at radius 1 is 1.07 bits per heavy atom.